The summed E-state index contributed by atoms with van der Waals surface area (Å²) < 4.78 is 0. The van der Waals surface area contributed by atoms with Crippen LogP contribution in [0.3, 0.4) is 0 Å². The van der Waals surface area contributed by atoms with Gasteiger partial charge in [-0.15, -0.1) is 0 Å². The maximum atomic E-state index is 5.69. The van der Waals surface area contributed by atoms with Crippen molar-refractivity contribution in [2.75, 3.05) is 0 Å². The summed E-state index contributed by atoms with van der Waals surface area (Å²) in [6, 6.07) is 14.3. The minimum atomic E-state index is 0.526. The van der Waals surface area contributed by atoms with E-state index >= 15 is 0 Å². The molecular weight excluding hydrogens is 246 g/mol. The monoisotopic (exact) mass is 267 g/mol. The maximum absolute atomic E-state index is 5.69. The number of hydrogen-bond acceptors (Lipinski definition) is 3. The lowest BCUT2D eigenvalue weighted by Crippen LogP contribution is -1.96. The van der Waals surface area contributed by atoms with Crippen molar-refractivity contribution in [3.8, 4) is 0 Å². The van der Waals surface area contributed by atoms with Gasteiger partial charge in [-0.05, 0) is 41.7 Å². The van der Waals surface area contributed by atoms with Gasteiger partial charge in [-0.2, -0.15) is 10.2 Å². The molecule has 104 valence electrons. The third-order valence-electron chi connectivity index (χ3n) is 3.40. The molecule has 0 aromatic heterocycles. The maximum Gasteiger partial charge on any atom is 0.0892 e. The van der Waals surface area contributed by atoms with Crippen molar-refractivity contribution >= 4 is 11.4 Å². The van der Waals surface area contributed by atoms with E-state index in [4.69, 9.17) is 5.73 Å². The van der Waals surface area contributed by atoms with Crippen molar-refractivity contribution in [3.05, 3.63) is 59.2 Å². The summed E-state index contributed by atoms with van der Waals surface area (Å²) in [7, 11) is 0. The van der Waals surface area contributed by atoms with Crippen molar-refractivity contribution in [1.82, 2.24) is 0 Å². The van der Waals surface area contributed by atoms with E-state index in [1.165, 1.54) is 11.1 Å². The molecule has 0 aliphatic carbocycles. The van der Waals surface area contributed by atoms with Gasteiger partial charge in [-0.1, -0.05) is 44.2 Å². The second-order valence-electron chi connectivity index (χ2n) is 4.70. The van der Waals surface area contributed by atoms with Crippen LogP contribution in [-0.4, -0.2) is 0 Å². The van der Waals surface area contributed by atoms with E-state index in [9.17, 15) is 0 Å². The standard InChI is InChI=1S/C17H21N3/c1-3-14-7-5-6-8-16(14)19-20-17-11-13(12-18)9-10-15(17)4-2/h5-11H,3-4,12,18H2,1-2H3. The average Bonchev–Trinajstić information content (AvgIpc) is 2.52. The lowest BCUT2D eigenvalue weighted by Gasteiger charge is -2.05. The first-order valence-electron chi connectivity index (χ1n) is 7.10. The third kappa shape index (κ3) is 3.31. The first-order valence-corrected chi connectivity index (χ1v) is 7.10. The first-order chi connectivity index (χ1) is 9.78. The SMILES string of the molecule is CCc1ccccc1N=Nc1cc(CN)ccc1CC. The van der Waals surface area contributed by atoms with Crippen LogP contribution in [0.2, 0.25) is 0 Å². The number of azo groups is 1. The number of nitrogens with two attached hydrogens (primary N) is 1. The van der Waals surface area contributed by atoms with Crippen LogP contribution in [0, 0.1) is 0 Å². The topological polar surface area (TPSA) is 50.7 Å². The van der Waals surface area contributed by atoms with Crippen LogP contribution in [0.5, 0.6) is 0 Å². The van der Waals surface area contributed by atoms with Crippen LogP contribution in [0.1, 0.15) is 30.5 Å². The van der Waals surface area contributed by atoms with Gasteiger partial charge in [0.2, 0.25) is 0 Å². The fourth-order valence-electron chi connectivity index (χ4n) is 2.14. The van der Waals surface area contributed by atoms with Crippen molar-refractivity contribution in [2.45, 2.75) is 33.2 Å². The smallest absolute Gasteiger partial charge is 0.0892 e. The highest BCUT2D eigenvalue weighted by atomic mass is 15.1. The van der Waals surface area contributed by atoms with E-state index in [2.05, 4.69) is 42.3 Å². The van der Waals surface area contributed by atoms with Gasteiger partial charge in [-0.25, -0.2) is 0 Å². The summed E-state index contributed by atoms with van der Waals surface area (Å²) in [4.78, 5) is 0. The molecular formula is C17H21N3. The van der Waals surface area contributed by atoms with E-state index < -0.39 is 0 Å². The molecule has 0 bridgehead atoms. The summed E-state index contributed by atoms with van der Waals surface area (Å²) in [6.45, 7) is 4.77. The molecule has 0 unspecified atom stereocenters. The molecule has 0 saturated heterocycles. The molecule has 0 radical (unpaired) electrons. The van der Waals surface area contributed by atoms with E-state index in [0.29, 0.717) is 6.54 Å². The number of aryl methyl sites for hydroxylation is 2. The Morgan fingerprint density at radius 2 is 1.50 bits per heavy atom. The van der Waals surface area contributed by atoms with Crippen LogP contribution in [0.25, 0.3) is 0 Å². The zero-order valence-electron chi connectivity index (χ0n) is 12.1. The van der Waals surface area contributed by atoms with Gasteiger partial charge in [0.1, 0.15) is 0 Å². The lowest BCUT2D eigenvalue weighted by atomic mass is 10.1. The van der Waals surface area contributed by atoms with Crippen molar-refractivity contribution in [2.24, 2.45) is 16.0 Å². The lowest BCUT2D eigenvalue weighted by molar-refractivity contribution is 1.04. The Balaban J connectivity index is 2.35. The molecule has 0 heterocycles. The molecule has 2 aromatic rings. The highest BCUT2D eigenvalue weighted by molar-refractivity contribution is 5.50. The summed E-state index contributed by atoms with van der Waals surface area (Å²) >= 11 is 0. The van der Waals surface area contributed by atoms with Crippen molar-refractivity contribution in [3.63, 3.8) is 0 Å². The van der Waals surface area contributed by atoms with Crippen molar-refractivity contribution in [1.29, 1.82) is 0 Å². The first kappa shape index (κ1) is 14.4. The molecule has 2 N–H and O–H groups in total. The van der Waals surface area contributed by atoms with E-state index in [0.717, 1.165) is 29.8 Å². The minimum Gasteiger partial charge on any atom is -0.326 e. The highest BCUT2D eigenvalue weighted by Gasteiger charge is 2.02. The average molecular weight is 267 g/mol. The van der Waals surface area contributed by atoms with Gasteiger partial charge >= 0.3 is 0 Å². The number of benzene rings is 2. The molecule has 0 spiro atoms. The second-order valence-corrected chi connectivity index (χ2v) is 4.70. The Kier molecular flexibility index (Phi) is 5.02. The van der Waals surface area contributed by atoms with Gasteiger partial charge in [0.15, 0.2) is 0 Å². The van der Waals surface area contributed by atoms with Crippen LogP contribution in [0.15, 0.2) is 52.7 Å². The van der Waals surface area contributed by atoms with Gasteiger partial charge < -0.3 is 5.73 Å². The Morgan fingerprint density at radius 1 is 0.850 bits per heavy atom. The Hall–Kier alpha value is -2.00. The van der Waals surface area contributed by atoms with Gasteiger partial charge in [0.25, 0.3) is 0 Å². The fourth-order valence-corrected chi connectivity index (χ4v) is 2.14. The predicted octanol–water partition coefficient (Wildman–Crippen LogP) is 4.69. The zero-order valence-corrected chi connectivity index (χ0v) is 12.1. The number of nitrogens with zero attached hydrogens (tertiary/aromatic N) is 2. The molecule has 2 rings (SSSR count). The Labute approximate surface area is 120 Å². The largest absolute Gasteiger partial charge is 0.326 e. The second kappa shape index (κ2) is 6.96. The van der Waals surface area contributed by atoms with Gasteiger partial charge in [-0.3, -0.25) is 0 Å². The third-order valence-corrected chi connectivity index (χ3v) is 3.40. The van der Waals surface area contributed by atoms with Crippen LogP contribution in [0.4, 0.5) is 11.4 Å². The van der Waals surface area contributed by atoms with Crippen molar-refractivity contribution < 1.29 is 0 Å². The Morgan fingerprint density at radius 3 is 2.20 bits per heavy atom. The zero-order chi connectivity index (χ0) is 14.4. The van der Waals surface area contributed by atoms with E-state index in [1.807, 2.05) is 24.3 Å². The summed E-state index contributed by atoms with van der Waals surface area (Å²) in [5, 5.41) is 8.85. The number of rotatable bonds is 5. The molecule has 2 aromatic carbocycles. The molecule has 0 saturated carbocycles. The summed E-state index contributed by atoms with van der Waals surface area (Å²) in [6.07, 6.45) is 1.90. The van der Waals surface area contributed by atoms with E-state index in [-0.39, 0.29) is 0 Å². The molecule has 3 nitrogen and oxygen atoms in total. The minimum absolute atomic E-state index is 0.526. The Bertz CT molecular complexity index is 603. The normalized spacial score (nSPS) is 11.2. The quantitative estimate of drug-likeness (QED) is 0.785. The molecule has 0 amide bonds. The molecule has 0 aliphatic heterocycles. The van der Waals surface area contributed by atoms with Gasteiger partial charge in [0.05, 0.1) is 11.4 Å². The van der Waals surface area contributed by atoms with Gasteiger partial charge in [0, 0.05) is 6.54 Å². The molecule has 0 atom stereocenters. The van der Waals surface area contributed by atoms with Crippen LogP contribution < -0.4 is 5.73 Å². The molecule has 3 heteroatoms. The van der Waals surface area contributed by atoms with Crippen LogP contribution >= 0.6 is 0 Å². The highest BCUT2D eigenvalue weighted by Crippen LogP contribution is 2.26. The number of hydrogen-bond donors (Lipinski definition) is 1. The summed E-state index contributed by atoms with van der Waals surface area (Å²) in [5.74, 6) is 0. The molecule has 0 aliphatic rings. The van der Waals surface area contributed by atoms with E-state index in [1.54, 1.807) is 0 Å². The predicted molar refractivity (Wildman–Crippen MR) is 83.7 cm³/mol. The van der Waals surface area contributed by atoms with Crippen LogP contribution in [-0.2, 0) is 19.4 Å². The molecule has 0 fully saturated rings. The fraction of sp³-hybridized carbons (Fsp3) is 0.294. The summed E-state index contributed by atoms with van der Waals surface area (Å²) in [5.41, 5.74) is 11.0. The molecule has 20 heavy (non-hydrogen) atoms.